The summed E-state index contributed by atoms with van der Waals surface area (Å²) >= 11 is 0. The van der Waals surface area contributed by atoms with E-state index in [1.54, 1.807) is 11.0 Å². The summed E-state index contributed by atoms with van der Waals surface area (Å²) in [6, 6.07) is 5.79. The summed E-state index contributed by atoms with van der Waals surface area (Å²) in [6.45, 7) is 2.35. The van der Waals surface area contributed by atoms with Crippen LogP contribution in [0.25, 0.3) is 0 Å². The van der Waals surface area contributed by atoms with E-state index in [-0.39, 0.29) is 48.0 Å². The van der Waals surface area contributed by atoms with Gasteiger partial charge in [0.05, 0.1) is 5.41 Å². The Bertz CT molecular complexity index is 926. The van der Waals surface area contributed by atoms with Crippen molar-refractivity contribution in [2.24, 2.45) is 5.92 Å². The summed E-state index contributed by atoms with van der Waals surface area (Å²) in [4.78, 5) is 55.0. The number of carbonyl (C=O) groups is 4. The van der Waals surface area contributed by atoms with E-state index in [9.17, 15) is 23.6 Å². The van der Waals surface area contributed by atoms with Crippen LogP contribution in [-0.2, 0) is 24.6 Å². The molecular formula is C25H31FN2O4. The predicted molar refractivity (Wildman–Crippen MR) is 116 cm³/mol. The Morgan fingerprint density at radius 1 is 1.06 bits per heavy atom. The second-order valence-electron chi connectivity index (χ2n) is 9.57. The number of likely N-dealkylation sites (tertiary alicyclic amines) is 2. The molecule has 0 aromatic heterocycles. The zero-order chi connectivity index (χ0) is 22.9. The average molecular weight is 443 g/mol. The quantitative estimate of drug-likeness (QED) is 0.656. The first-order valence-corrected chi connectivity index (χ1v) is 11.7. The Kier molecular flexibility index (Phi) is 6.45. The summed E-state index contributed by atoms with van der Waals surface area (Å²) in [5, 5.41) is 0. The molecule has 32 heavy (non-hydrogen) atoms. The third kappa shape index (κ3) is 4.09. The Labute approximate surface area is 188 Å². The van der Waals surface area contributed by atoms with Crippen LogP contribution in [0.1, 0.15) is 70.3 Å². The minimum Gasteiger partial charge on any atom is -0.342 e. The molecule has 1 saturated carbocycles. The van der Waals surface area contributed by atoms with Crippen molar-refractivity contribution in [1.82, 2.24) is 9.80 Å². The van der Waals surface area contributed by atoms with Crippen LogP contribution in [0.5, 0.6) is 0 Å². The van der Waals surface area contributed by atoms with Crippen molar-refractivity contribution in [2.75, 3.05) is 13.1 Å². The van der Waals surface area contributed by atoms with Gasteiger partial charge >= 0.3 is 0 Å². The maximum Gasteiger partial charge on any atom is 0.241 e. The Balaban J connectivity index is 1.66. The van der Waals surface area contributed by atoms with Gasteiger partial charge in [-0.2, -0.15) is 0 Å². The first-order valence-electron chi connectivity index (χ1n) is 11.7. The van der Waals surface area contributed by atoms with E-state index in [4.69, 9.17) is 0 Å². The van der Waals surface area contributed by atoms with Gasteiger partial charge in [-0.1, -0.05) is 37.5 Å². The van der Waals surface area contributed by atoms with E-state index in [0.717, 1.165) is 38.5 Å². The van der Waals surface area contributed by atoms with Gasteiger partial charge in [-0.15, -0.1) is 0 Å². The summed E-state index contributed by atoms with van der Waals surface area (Å²) in [5.41, 5.74) is -1.41. The number of halogens is 1. The van der Waals surface area contributed by atoms with E-state index in [1.165, 1.54) is 30.0 Å². The van der Waals surface area contributed by atoms with Crippen LogP contribution >= 0.6 is 0 Å². The van der Waals surface area contributed by atoms with Crippen molar-refractivity contribution in [2.45, 2.75) is 76.2 Å². The standard InChI is InChI=1S/C25H31FN2O4/c1-17(29)18-8-7-13-27(16-18)22(30)14-25(20-11-5-6-12-21(20)26)15-23(31)28(24(25)32)19-9-3-2-4-10-19/h5-6,11-12,18-19H,2-4,7-10,13-16H2,1H3/t18-,25-/m0/s1. The molecule has 6 nitrogen and oxygen atoms in total. The number of benzene rings is 1. The first kappa shape index (κ1) is 22.6. The second kappa shape index (κ2) is 9.12. The molecule has 3 fully saturated rings. The van der Waals surface area contributed by atoms with Crippen LogP contribution in [0.4, 0.5) is 4.39 Å². The highest BCUT2D eigenvalue weighted by molar-refractivity contribution is 6.11. The van der Waals surface area contributed by atoms with Crippen molar-refractivity contribution in [3.05, 3.63) is 35.6 Å². The maximum atomic E-state index is 15.0. The van der Waals surface area contributed by atoms with Crippen LogP contribution in [0, 0.1) is 11.7 Å². The fourth-order valence-corrected chi connectivity index (χ4v) is 5.67. The lowest BCUT2D eigenvalue weighted by Gasteiger charge is -2.36. The zero-order valence-corrected chi connectivity index (χ0v) is 18.6. The topological polar surface area (TPSA) is 74.8 Å². The van der Waals surface area contributed by atoms with E-state index < -0.39 is 17.1 Å². The number of ketones is 1. The smallest absolute Gasteiger partial charge is 0.241 e. The van der Waals surface area contributed by atoms with Crippen molar-refractivity contribution in [1.29, 1.82) is 0 Å². The molecule has 4 rings (SSSR count). The number of piperidine rings is 1. The Morgan fingerprint density at radius 3 is 2.47 bits per heavy atom. The van der Waals surface area contributed by atoms with E-state index >= 15 is 0 Å². The molecule has 0 spiro atoms. The zero-order valence-electron chi connectivity index (χ0n) is 18.6. The molecule has 0 N–H and O–H groups in total. The summed E-state index contributed by atoms with van der Waals surface area (Å²) < 4.78 is 15.0. The molecule has 3 aliphatic rings. The third-order valence-corrected chi connectivity index (χ3v) is 7.48. The minimum absolute atomic E-state index is 0.0434. The first-order chi connectivity index (χ1) is 15.3. The van der Waals surface area contributed by atoms with E-state index in [1.807, 2.05) is 0 Å². The van der Waals surface area contributed by atoms with Crippen molar-refractivity contribution < 1.29 is 23.6 Å². The highest BCUT2D eigenvalue weighted by Gasteiger charge is 2.56. The normalized spacial score (nSPS) is 27.1. The van der Waals surface area contributed by atoms with E-state index in [2.05, 4.69) is 0 Å². The Hall–Kier alpha value is -2.57. The van der Waals surface area contributed by atoms with Gasteiger partial charge in [-0.3, -0.25) is 24.1 Å². The molecule has 2 saturated heterocycles. The summed E-state index contributed by atoms with van der Waals surface area (Å²) in [5.74, 6) is -1.82. The average Bonchev–Trinajstić information content (AvgIpc) is 3.04. The molecule has 3 amide bonds. The molecule has 1 aromatic carbocycles. The molecule has 2 aliphatic heterocycles. The van der Waals surface area contributed by atoms with Gasteiger partial charge in [0.15, 0.2) is 0 Å². The summed E-state index contributed by atoms with van der Waals surface area (Å²) in [7, 11) is 0. The second-order valence-corrected chi connectivity index (χ2v) is 9.57. The van der Waals surface area contributed by atoms with Gasteiger partial charge in [0, 0.05) is 43.5 Å². The van der Waals surface area contributed by atoms with Gasteiger partial charge in [0.25, 0.3) is 0 Å². The largest absolute Gasteiger partial charge is 0.342 e. The molecule has 0 radical (unpaired) electrons. The monoisotopic (exact) mass is 442 g/mol. The fourth-order valence-electron chi connectivity index (χ4n) is 5.67. The van der Waals surface area contributed by atoms with Crippen LogP contribution in [0.15, 0.2) is 24.3 Å². The van der Waals surface area contributed by atoms with Crippen molar-refractivity contribution in [3.63, 3.8) is 0 Å². The lowest BCUT2D eigenvalue weighted by atomic mass is 9.75. The van der Waals surface area contributed by atoms with Crippen LogP contribution in [0.3, 0.4) is 0 Å². The lowest BCUT2D eigenvalue weighted by molar-refractivity contribution is -0.146. The molecule has 1 aromatic rings. The minimum atomic E-state index is -1.53. The van der Waals surface area contributed by atoms with Crippen LogP contribution in [0.2, 0.25) is 0 Å². The molecule has 7 heteroatoms. The van der Waals surface area contributed by atoms with E-state index in [0.29, 0.717) is 19.5 Å². The van der Waals surface area contributed by atoms with Crippen molar-refractivity contribution >= 4 is 23.5 Å². The van der Waals surface area contributed by atoms with Crippen molar-refractivity contribution in [3.8, 4) is 0 Å². The number of Topliss-reactive ketones (excluding diaryl/α,β-unsaturated/α-hetero) is 1. The van der Waals surface area contributed by atoms with Crippen LogP contribution in [-0.4, -0.2) is 52.4 Å². The van der Waals surface area contributed by atoms with Gasteiger partial charge in [0.2, 0.25) is 17.7 Å². The molecule has 0 unspecified atom stereocenters. The van der Waals surface area contributed by atoms with Crippen LogP contribution < -0.4 is 0 Å². The molecule has 2 heterocycles. The lowest BCUT2D eigenvalue weighted by Crippen LogP contribution is -2.49. The number of nitrogens with zero attached hydrogens (tertiary/aromatic N) is 2. The van der Waals surface area contributed by atoms with Gasteiger partial charge in [0.1, 0.15) is 11.6 Å². The number of amides is 3. The molecule has 1 aliphatic carbocycles. The SMILES string of the molecule is CC(=O)[C@H]1CCCN(C(=O)C[C@@]2(c3ccccc3F)CC(=O)N(C3CCCCC3)C2=O)C1. The number of hydrogen-bond acceptors (Lipinski definition) is 4. The molecule has 2 atom stereocenters. The number of carbonyl (C=O) groups excluding carboxylic acids is 4. The third-order valence-electron chi connectivity index (χ3n) is 7.48. The van der Waals surface area contributed by atoms with Gasteiger partial charge in [-0.25, -0.2) is 4.39 Å². The Morgan fingerprint density at radius 2 is 1.78 bits per heavy atom. The number of imide groups is 1. The number of hydrogen-bond donors (Lipinski definition) is 0. The summed E-state index contributed by atoms with van der Waals surface area (Å²) in [6.07, 6.45) is 5.49. The molecule has 172 valence electrons. The molecule has 0 bridgehead atoms. The predicted octanol–water partition coefficient (Wildman–Crippen LogP) is 3.37. The number of rotatable bonds is 5. The fraction of sp³-hybridized carbons (Fsp3) is 0.600. The van der Waals surface area contributed by atoms with Gasteiger partial charge < -0.3 is 4.90 Å². The van der Waals surface area contributed by atoms with Gasteiger partial charge in [-0.05, 0) is 38.7 Å². The highest BCUT2D eigenvalue weighted by atomic mass is 19.1. The molecular weight excluding hydrogens is 411 g/mol. The maximum absolute atomic E-state index is 15.0. The highest BCUT2D eigenvalue weighted by Crippen LogP contribution is 2.44.